The third-order valence-electron chi connectivity index (χ3n) is 3.47. The number of carbonyl (C=O) groups excluding carboxylic acids is 1. The topological polar surface area (TPSA) is 75.7 Å². The number of ether oxygens (including phenoxy) is 1. The zero-order chi connectivity index (χ0) is 16.5. The van der Waals surface area contributed by atoms with Crippen molar-refractivity contribution in [2.45, 2.75) is 50.6 Å². The molecule has 122 valence electrons. The van der Waals surface area contributed by atoms with E-state index in [9.17, 15) is 13.2 Å². The predicted molar refractivity (Wildman–Crippen MR) is 84.5 cm³/mol. The van der Waals surface area contributed by atoms with Crippen molar-refractivity contribution in [3.8, 4) is 5.75 Å². The molecule has 1 saturated carbocycles. The maximum Gasteiger partial charge on any atom is 0.243 e. The van der Waals surface area contributed by atoms with Gasteiger partial charge in [0.1, 0.15) is 5.75 Å². The predicted octanol–water partition coefficient (Wildman–Crippen LogP) is 2.22. The molecule has 2 rings (SSSR count). The molecule has 1 aliphatic rings. The molecule has 0 saturated heterocycles. The molecule has 0 aliphatic heterocycles. The van der Waals surface area contributed by atoms with Crippen molar-refractivity contribution in [3.05, 3.63) is 18.2 Å². The fourth-order valence-corrected chi connectivity index (χ4v) is 4.39. The molecule has 0 atom stereocenters. The summed E-state index contributed by atoms with van der Waals surface area (Å²) in [5.74, 6) is 0.146. The lowest BCUT2D eigenvalue weighted by Gasteiger charge is -2.26. The molecular formula is C15H22N2O4S. The Balaban J connectivity index is 2.44. The second-order valence-electron chi connectivity index (χ2n) is 5.70. The van der Waals surface area contributed by atoms with Crippen molar-refractivity contribution in [1.29, 1.82) is 0 Å². The Morgan fingerprint density at radius 1 is 1.36 bits per heavy atom. The minimum absolute atomic E-state index is 0.0799. The van der Waals surface area contributed by atoms with Crippen LogP contribution in [0.1, 0.15) is 33.6 Å². The van der Waals surface area contributed by atoms with Gasteiger partial charge in [-0.2, -0.15) is 4.31 Å². The van der Waals surface area contributed by atoms with E-state index in [0.29, 0.717) is 11.4 Å². The molecule has 0 heterocycles. The molecule has 1 aliphatic carbocycles. The van der Waals surface area contributed by atoms with Crippen LogP contribution in [0.2, 0.25) is 0 Å². The lowest BCUT2D eigenvalue weighted by Crippen LogP contribution is -2.38. The number of hydrogen-bond acceptors (Lipinski definition) is 4. The minimum Gasteiger partial charge on any atom is -0.495 e. The fourth-order valence-electron chi connectivity index (χ4n) is 2.48. The van der Waals surface area contributed by atoms with E-state index in [4.69, 9.17) is 4.74 Å². The monoisotopic (exact) mass is 326 g/mol. The number of nitrogens with zero attached hydrogens (tertiary/aromatic N) is 1. The Morgan fingerprint density at radius 2 is 2.00 bits per heavy atom. The Labute approximate surface area is 131 Å². The first-order valence-electron chi connectivity index (χ1n) is 7.26. The highest BCUT2D eigenvalue weighted by Crippen LogP contribution is 2.35. The molecule has 7 heteroatoms. The minimum atomic E-state index is -3.59. The third-order valence-corrected chi connectivity index (χ3v) is 5.60. The van der Waals surface area contributed by atoms with E-state index in [1.54, 1.807) is 10.4 Å². The van der Waals surface area contributed by atoms with E-state index in [2.05, 4.69) is 5.32 Å². The highest BCUT2D eigenvalue weighted by Gasteiger charge is 2.39. The quantitative estimate of drug-likeness (QED) is 0.869. The van der Waals surface area contributed by atoms with Gasteiger partial charge in [0, 0.05) is 19.0 Å². The molecule has 0 unspecified atom stereocenters. The molecule has 0 spiro atoms. The standard InChI is InChI=1S/C15H22N2O4S/c1-10(2)17(12-5-6-12)22(19,20)13-7-8-15(21-4)14(9-13)16-11(3)18/h7-10,12H,5-6H2,1-4H3,(H,16,18). The molecule has 22 heavy (non-hydrogen) atoms. The third kappa shape index (κ3) is 3.41. The van der Waals surface area contributed by atoms with Crippen LogP contribution in [0.15, 0.2) is 23.1 Å². The Hall–Kier alpha value is -1.60. The highest BCUT2D eigenvalue weighted by molar-refractivity contribution is 7.89. The molecule has 1 fully saturated rings. The van der Waals surface area contributed by atoms with Crippen LogP contribution in [0, 0.1) is 0 Å². The number of benzene rings is 1. The van der Waals surface area contributed by atoms with Crippen LogP contribution in [0.4, 0.5) is 5.69 Å². The summed E-state index contributed by atoms with van der Waals surface area (Å²) in [5.41, 5.74) is 0.357. The zero-order valence-corrected chi connectivity index (χ0v) is 14.1. The summed E-state index contributed by atoms with van der Waals surface area (Å²) in [5, 5.41) is 2.60. The lowest BCUT2D eigenvalue weighted by atomic mass is 10.3. The van der Waals surface area contributed by atoms with Gasteiger partial charge in [0.25, 0.3) is 0 Å². The first-order chi connectivity index (χ1) is 10.3. The van der Waals surface area contributed by atoms with E-state index in [1.807, 2.05) is 13.8 Å². The number of nitrogens with one attached hydrogen (secondary N) is 1. The summed E-state index contributed by atoms with van der Waals surface area (Å²) in [6.07, 6.45) is 1.79. The first kappa shape index (κ1) is 16.8. The fraction of sp³-hybridized carbons (Fsp3) is 0.533. The Kier molecular flexibility index (Phi) is 4.77. The number of carbonyl (C=O) groups is 1. The second kappa shape index (κ2) is 6.26. The van der Waals surface area contributed by atoms with Crippen molar-refractivity contribution in [1.82, 2.24) is 4.31 Å². The van der Waals surface area contributed by atoms with Crippen LogP contribution in [-0.4, -0.2) is 37.8 Å². The lowest BCUT2D eigenvalue weighted by molar-refractivity contribution is -0.114. The van der Waals surface area contributed by atoms with Gasteiger partial charge in [0.15, 0.2) is 0 Å². The Bertz CT molecular complexity index is 664. The second-order valence-corrected chi connectivity index (χ2v) is 7.55. The van der Waals surface area contributed by atoms with Crippen molar-refractivity contribution >= 4 is 21.6 Å². The average Bonchev–Trinajstić information content (AvgIpc) is 3.21. The van der Waals surface area contributed by atoms with Crippen molar-refractivity contribution in [3.63, 3.8) is 0 Å². The van der Waals surface area contributed by atoms with Crippen molar-refractivity contribution in [2.24, 2.45) is 0 Å². The molecule has 1 N–H and O–H groups in total. The molecule has 6 nitrogen and oxygen atoms in total. The van der Waals surface area contributed by atoms with Gasteiger partial charge >= 0.3 is 0 Å². The van der Waals surface area contributed by atoms with Gasteiger partial charge in [-0.3, -0.25) is 4.79 Å². The van der Waals surface area contributed by atoms with Crippen LogP contribution < -0.4 is 10.1 Å². The molecule has 1 aromatic rings. The number of methoxy groups -OCH3 is 1. The summed E-state index contributed by atoms with van der Waals surface area (Å²) in [6.45, 7) is 5.10. The molecule has 0 aromatic heterocycles. The number of sulfonamides is 1. The van der Waals surface area contributed by atoms with Gasteiger partial charge in [-0.1, -0.05) is 0 Å². The normalized spacial score (nSPS) is 15.2. The molecular weight excluding hydrogens is 304 g/mol. The van der Waals surface area contributed by atoms with Gasteiger partial charge in [-0.05, 0) is 44.9 Å². The summed E-state index contributed by atoms with van der Waals surface area (Å²) >= 11 is 0. The van der Waals surface area contributed by atoms with Crippen LogP contribution >= 0.6 is 0 Å². The first-order valence-corrected chi connectivity index (χ1v) is 8.70. The van der Waals surface area contributed by atoms with E-state index >= 15 is 0 Å². The summed E-state index contributed by atoms with van der Waals surface area (Å²) < 4.78 is 32.4. The number of amides is 1. The van der Waals surface area contributed by atoms with E-state index in [-0.39, 0.29) is 22.9 Å². The van der Waals surface area contributed by atoms with E-state index in [0.717, 1.165) is 12.8 Å². The summed E-state index contributed by atoms with van der Waals surface area (Å²) in [4.78, 5) is 11.4. The SMILES string of the molecule is COc1ccc(S(=O)(=O)N(C(C)C)C2CC2)cc1NC(C)=O. The van der Waals surface area contributed by atoms with Crippen LogP contribution in [-0.2, 0) is 14.8 Å². The van der Waals surface area contributed by atoms with Gasteiger partial charge < -0.3 is 10.1 Å². The van der Waals surface area contributed by atoms with Crippen LogP contribution in [0.25, 0.3) is 0 Å². The van der Waals surface area contributed by atoms with Crippen molar-refractivity contribution < 1.29 is 17.9 Å². The molecule has 0 radical (unpaired) electrons. The van der Waals surface area contributed by atoms with Gasteiger partial charge in [0.05, 0.1) is 17.7 Å². The van der Waals surface area contributed by atoms with Gasteiger partial charge in [0.2, 0.25) is 15.9 Å². The smallest absolute Gasteiger partial charge is 0.243 e. The average molecular weight is 326 g/mol. The zero-order valence-electron chi connectivity index (χ0n) is 13.3. The largest absolute Gasteiger partial charge is 0.495 e. The molecule has 0 bridgehead atoms. The summed E-state index contributed by atoms with van der Waals surface area (Å²) in [6, 6.07) is 4.49. The Morgan fingerprint density at radius 3 is 2.45 bits per heavy atom. The maximum absolute atomic E-state index is 12.9. The summed E-state index contributed by atoms with van der Waals surface area (Å²) in [7, 11) is -2.12. The van der Waals surface area contributed by atoms with Crippen molar-refractivity contribution in [2.75, 3.05) is 12.4 Å². The van der Waals surface area contributed by atoms with Gasteiger partial charge in [-0.25, -0.2) is 8.42 Å². The van der Waals surface area contributed by atoms with E-state index < -0.39 is 10.0 Å². The molecule has 1 aromatic carbocycles. The van der Waals surface area contributed by atoms with Crippen LogP contribution in [0.5, 0.6) is 5.75 Å². The maximum atomic E-state index is 12.9. The number of anilines is 1. The highest BCUT2D eigenvalue weighted by atomic mass is 32.2. The van der Waals surface area contributed by atoms with Gasteiger partial charge in [-0.15, -0.1) is 0 Å². The van der Waals surface area contributed by atoms with E-state index in [1.165, 1.54) is 26.2 Å². The number of hydrogen-bond donors (Lipinski definition) is 1. The number of rotatable bonds is 6. The molecule has 1 amide bonds. The van der Waals surface area contributed by atoms with Crippen LogP contribution in [0.3, 0.4) is 0 Å².